The predicted octanol–water partition coefficient (Wildman–Crippen LogP) is 2.44. The molecule has 1 atom stereocenters. The molecular weight excluding hydrogens is 264 g/mol. The lowest BCUT2D eigenvalue weighted by Gasteiger charge is -2.29. The lowest BCUT2D eigenvalue weighted by atomic mass is 10.2. The maximum atomic E-state index is 5.41. The van der Waals surface area contributed by atoms with E-state index in [-0.39, 0.29) is 0 Å². The van der Waals surface area contributed by atoms with Crippen molar-refractivity contribution >= 4 is 5.95 Å². The van der Waals surface area contributed by atoms with Gasteiger partial charge in [0.1, 0.15) is 0 Å². The Kier molecular flexibility index (Phi) is 4.80. The van der Waals surface area contributed by atoms with Crippen LogP contribution in [0.15, 0.2) is 6.20 Å². The van der Waals surface area contributed by atoms with Gasteiger partial charge in [-0.25, -0.2) is 4.98 Å². The summed E-state index contributed by atoms with van der Waals surface area (Å²) in [6.07, 6.45) is 7.50. The highest BCUT2D eigenvalue weighted by Crippen LogP contribution is 2.32. The molecule has 2 aliphatic rings. The van der Waals surface area contributed by atoms with Crippen LogP contribution in [0.2, 0.25) is 0 Å². The fraction of sp³-hybridized carbons (Fsp3) is 0.812. The Morgan fingerprint density at radius 2 is 2.05 bits per heavy atom. The maximum absolute atomic E-state index is 5.41. The van der Waals surface area contributed by atoms with E-state index in [9.17, 15) is 0 Å². The van der Waals surface area contributed by atoms with Crippen LogP contribution in [0.3, 0.4) is 0 Å². The van der Waals surface area contributed by atoms with E-state index in [1.165, 1.54) is 25.7 Å². The molecule has 1 aromatic heterocycles. The van der Waals surface area contributed by atoms with Gasteiger partial charge in [-0.15, -0.1) is 0 Å². The van der Waals surface area contributed by atoms with Gasteiger partial charge in [-0.2, -0.15) is 0 Å². The molecule has 0 radical (unpaired) electrons. The van der Waals surface area contributed by atoms with Gasteiger partial charge in [-0.3, -0.25) is 4.90 Å². The van der Waals surface area contributed by atoms with Crippen molar-refractivity contribution in [2.24, 2.45) is 0 Å². The Hall–Kier alpha value is -1.07. The third-order valence-corrected chi connectivity index (χ3v) is 4.58. The summed E-state index contributed by atoms with van der Waals surface area (Å²) in [7, 11) is 0. The SMILES string of the molecule is Cc1cn(C2CCCC2)c(NC(C)CN2CCOCC2)n1. The highest BCUT2D eigenvalue weighted by molar-refractivity contribution is 5.31. The van der Waals surface area contributed by atoms with Crippen molar-refractivity contribution in [3.63, 3.8) is 0 Å². The van der Waals surface area contributed by atoms with Gasteiger partial charge >= 0.3 is 0 Å². The van der Waals surface area contributed by atoms with Crippen molar-refractivity contribution in [3.05, 3.63) is 11.9 Å². The van der Waals surface area contributed by atoms with Crippen molar-refractivity contribution in [2.75, 3.05) is 38.2 Å². The first-order chi connectivity index (χ1) is 10.2. The largest absolute Gasteiger partial charge is 0.379 e. The van der Waals surface area contributed by atoms with E-state index in [1.807, 2.05) is 0 Å². The lowest BCUT2D eigenvalue weighted by Crippen LogP contribution is -2.42. The van der Waals surface area contributed by atoms with Crippen LogP contribution in [-0.4, -0.2) is 53.3 Å². The van der Waals surface area contributed by atoms with Crippen molar-refractivity contribution in [1.82, 2.24) is 14.5 Å². The molecule has 5 heteroatoms. The first-order valence-corrected chi connectivity index (χ1v) is 8.34. The van der Waals surface area contributed by atoms with E-state index in [2.05, 4.69) is 34.8 Å². The quantitative estimate of drug-likeness (QED) is 0.905. The molecule has 1 saturated carbocycles. The Bertz CT molecular complexity index is 447. The number of imidazole rings is 1. The Morgan fingerprint density at radius 3 is 2.76 bits per heavy atom. The van der Waals surface area contributed by atoms with Crippen LogP contribution in [0.5, 0.6) is 0 Å². The second kappa shape index (κ2) is 6.79. The van der Waals surface area contributed by atoms with Gasteiger partial charge < -0.3 is 14.6 Å². The molecule has 1 saturated heterocycles. The van der Waals surface area contributed by atoms with E-state index in [0.29, 0.717) is 12.1 Å². The minimum absolute atomic E-state index is 0.407. The highest BCUT2D eigenvalue weighted by atomic mass is 16.5. The number of hydrogen-bond donors (Lipinski definition) is 1. The minimum Gasteiger partial charge on any atom is -0.379 e. The first-order valence-electron chi connectivity index (χ1n) is 8.34. The molecule has 3 rings (SSSR count). The smallest absolute Gasteiger partial charge is 0.203 e. The van der Waals surface area contributed by atoms with E-state index >= 15 is 0 Å². The molecule has 1 aliphatic heterocycles. The number of hydrogen-bond acceptors (Lipinski definition) is 4. The number of nitrogens with zero attached hydrogens (tertiary/aromatic N) is 3. The third kappa shape index (κ3) is 3.77. The Morgan fingerprint density at radius 1 is 1.33 bits per heavy atom. The molecule has 0 bridgehead atoms. The van der Waals surface area contributed by atoms with Crippen molar-refractivity contribution in [1.29, 1.82) is 0 Å². The molecule has 0 aromatic carbocycles. The summed E-state index contributed by atoms with van der Waals surface area (Å²) in [6.45, 7) is 9.21. The number of nitrogens with one attached hydrogen (secondary N) is 1. The summed E-state index contributed by atoms with van der Waals surface area (Å²) in [6, 6.07) is 1.05. The monoisotopic (exact) mass is 292 g/mol. The molecule has 1 unspecified atom stereocenters. The van der Waals surface area contributed by atoms with Crippen LogP contribution >= 0.6 is 0 Å². The molecule has 0 spiro atoms. The number of morpholine rings is 1. The highest BCUT2D eigenvalue weighted by Gasteiger charge is 2.21. The summed E-state index contributed by atoms with van der Waals surface area (Å²) < 4.78 is 7.78. The summed E-state index contributed by atoms with van der Waals surface area (Å²) in [4.78, 5) is 7.17. The minimum atomic E-state index is 0.407. The fourth-order valence-electron chi connectivity index (χ4n) is 3.52. The average Bonchev–Trinajstić information content (AvgIpc) is 3.09. The fourth-order valence-corrected chi connectivity index (χ4v) is 3.52. The number of aromatic nitrogens is 2. The number of aryl methyl sites for hydroxylation is 1. The van der Waals surface area contributed by atoms with Gasteiger partial charge in [0.2, 0.25) is 5.95 Å². The second-order valence-electron chi connectivity index (χ2n) is 6.51. The molecule has 0 amide bonds. The van der Waals surface area contributed by atoms with Crippen molar-refractivity contribution in [3.8, 4) is 0 Å². The third-order valence-electron chi connectivity index (χ3n) is 4.58. The average molecular weight is 292 g/mol. The van der Waals surface area contributed by atoms with E-state index < -0.39 is 0 Å². The molecule has 21 heavy (non-hydrogen) atoms. The van der Waals surface area contributed by atoms with E-state index in [0.717, 1.165) is 44.5 Å². The summed E-state index contributed by atoms with van der Waals surface area (Å²) in [5, 5.41) is 3.62. The van der Waals surface area contributed by atoms with Crippen LogP contribution in [0.1, 0.15) is 44.3 Å². The predicted molar refractivity (Wildman–Crippen MR) is 84.8 cm³/mol. The number of anilines is 1. The number of ether oxygens (including phenoxy) is 1. The van der Waals surface area contributed by atoms with Gasteiger partial charge in [-0.05, 0) is 26.7 Å². The Labute approximate surface area is 127 Å². The zero-order valence-electron chi connectivity index (χ0n) is 13.3. The topological polar surface area (TPSA) is 42.3 Å². The normalized spacial score (nSPS) is 22.6. The molecule has 2 fully saturated rings. The summed E-state index contributed by atoms with van der Waals surface area (Å²) >= 11 is 0. The molecule has 5 nitrogen and oxygen atoms in total. The van der Waals surface area contributed by atoms with Gasteiger partial charge in [0, 0.05) is 37.9 Å². The zero-order valence-corrected chi connectivity index (χ0v) is 13.3. The van der Waals surface area contributed by atoms with Crippen molar-refractivity contribution < 1.29 is 4.74 Å². The van der Waals surface area contributed by atoms with Gasteiger partial charge in [0.25, 0.3) is 0 Å². The van der Waals surface area contributed by atoms with Crippen LogP contribution in [0.4, 0.5) is 5.95 Å². The molecule has 1 N–H and O–H groups in total. The summed E-state index contributed by atoms with van der Waals surface area (Å²) in [5.74, 6) is 1.06. The summed E-state index contributed by atoms with van der Waals surface area (Å²) in [5.41, 5.74) is 1.11. The Balaban J connectivity index is 1.60. The zero-order chi connectivity index (χ0) is 14.7. The van der Waals surface area contributed by atoms with Gasteiger partial charge in [0.15, 0.2) is 0 Å². The van der Waals surface area contributed by atoms with E-state index in [1.54, 1.807) is 0 Å². The molecule has 1 aromatic rings. The lowest BCUT2D eigenvalue weighted by molar-refractivity contribution is 0.0367. The van der Waals surface area contributed by atoms with Gasteiger partial charge in [-0.1, -0.05) is 12.8 Å². The van der Waals surface area contributed by atoms with Crippen LogP contribution in [0.25, 0.3) is 0 Å². The van der Waals surface area contributed by atoms with E-state index in [4.69, 9.17) is 9.72 Å². The molecule has 1 aliphatic carbocycles. The molecular formula is C16H28N4O. The number of rotatable bonds is 5. The maximum Gasteiger partial charge on any atom is 0.203 e. The van der Waals surface area contributed by atoms with Crippen molar-refractivity contribution in [2.45, 2.75) is 51.6 Å². The second-order valence-corrected chi connectivity index (χ2v) is 6.51. The van der Waals surface area contributed by atoms with Crippen LogP contribution < -0.4 is 5.32 Å². The standard InChI is InChI=1S/C16H28N4O/c1-13(11-19-7-9-21-10-8-19)17-16-18-14(2)12-20(16)15-5-3-4-6-15/h12-13,15H,3-11H2,1-2H3,(H,17,18). The molecule has 2 heterocycles. The molecule has 118 valence electrons. The van der Waals surface area contributed by atoms with Gasteiger partial charge in [0.05, 0.1) is 18.9 Å². The van der Waals surface area contributed by atoms with Crippen LogP contribution in [-0.2, 0) is 4.74 Å². The first kappa shape index (κ1) is 14.9. The van der Waals surface area contributed by atoms with Crippen LogP contribution in [0, 0.1) is 6.92 Å².